The number of benzene rings is 2. The second-order valence-electron chi connectivity index (χ2n) is 6.06. The third kappa shape index (κ3) is 5.18. The lowest BCUT2D eigenvalue weighted by atomic mass is 9.99. The molecule has 0 unspecified atom stereocenters. The topological polar surface area (TPSA) is 92.4 Å². The average Bonchev–Trinajstić information content (AvgIpc) is 3.16. The Bertz CT molecular complexity index is 923. The summed E-state index contributed by atoms with van der Waals surface area (Å²) in [7, 11) is 0. The van der Waals surface area contributed by atoms with Gasteiger partial charge in [0.15, 0.2) is 0 Å². The van der Waals surface area contributed by atoms with Gasteiger partial charge in [0.1, 0.15) is 0 Å². The molecule has 0 aliphatic carbocycles. The third-order valence-electron chi connectivity index (χ3n) is 4.01. The first-order valence-corrected chi connectivity index (χ1v) is 8.67. The number of carbonyl (C=O) groups is 2. The molecular weight excluding hydrogens is 368 g/mol. The summed E-state index contributed by atoms with van der Waals surface area (Å²) in [6.07, 6.45) is 1.54. The number of carbonyl (C=O) groups excluding carboxylic acids is 1. The van der Waals surface area contributed by atoms with Crippen LogP contribution in [0.5, 0.6) is 0 Å². The van der Waals surface area contributed by atoms with Gasteiger partial charge < -0.3 is 14.9 Å². The predicted molar refractivity (Wildman–Crippen MR) is 101 cm³/mol. The summed E-state index contributed by atoms with van der Waals surface area (Å²) in [6, 6.07) is 16.1. The molecule has 0 aliphatic heterocycles. The molecule has 2 aromatic carbocycles. The van der Waals surface area contributed by atoms with Crippen molar-refractivity contribution < 1.29 is 19.2 Å². The smallest absolute Gasteiger partial charge is 0.305 e. The number of carboxylic acids is 1. The minimum absolute atomic E-state index is 0.0432. The lowest BCUT2D eigenvalue weighted by Gasteiger charge is -2.16. The van der Waals surface area contributed by atoms with Crippen molar-refractivity contribution >= 4 is 23.5 Å². The number of carboxylic acid groups (broad SMARTS) is 1. The van der Waals surface area contributed by atoms with E-state index in [1.165, 1.54) is 12.3 Å². The van der Waals surface area contributed by atoms with Crippen LogP contribution in [0.4, 0.5) is 0 Å². The van der Waals surface area contributed by atoms with E-state index in [-0.39, 0.29) is 12.2 Å². The van der Waals surface area contributed by atoms with Crippen LogP contribution in [0.15, 0.2) is 65.3 Å². The van der Waals surface area contributed by atoms with Crippen molar-refractivity contribution in [1.29, 1.82) is 0 Å². The maximum absolute atomic E-state index is 12.1. The summed E-state index contributed by atoms with van der Waals surface area (Å²) < 4.78 is 4.81. The quantitative estimate of drug-likeness (QED) is 0.646. The Balaban J connectivity index is 1.71. The molecule has 0 aliphatic rings. The number of halogens is 1. The zero-order valence-corrected chi connectivity index (χ0v) is 15.0. The van der Waals surface area contributed by atoms with Crippen LogP contribution in [-0.4, -0.2) is 28.2 Å². The van der Waals surface area contributed by atoms with E-state index in [2.05, 4.69) is 10.5 Å². The standard InChI is InChI=1S/C20H17ClN2O4/c21-16-3-1-2-15(11-16)14-6-4-13(5-7-14)10-17(12-19(24)25)23-20(26)18-8-9-22-27-18/h1-9,11,17H,10,12H2,(H,23,26)(H,24,25)/t17-/m1/s1. The summed E-state index contributed by atoms with van der Waals surface area (Å²) in [6.45, 7) is 0. The minimum atomic E-state index is -0.992. The van der Waals surface area contributed by atoms with Crippen LogP contribution >= 0.6 is 11.6 Å². The van der Waals surface area contributed by atoms with Crippen LogP contribution < -0.4 is 5.32 Å². The second kappa shape index (κ2) is 8.51. The molecule has 7 heteroatoms. The fourth-order valence-electron chi connectivity index (χ4n) is 2.76. The summed E-state index contributed by atoms with van der Waals surface area (Å²) >= 11 is 6.03. The lowest BCUT2D eigenvalue weighted by Crippen LogP contribution is -2.38. The van der Waals surface area contributed by atoms with Gasteiger partial charge in [0.05, 0.1) is 12.6 Å². The Morgan fingerprint density at radius 3 is 2.52 bits per heavy atom. The SMILES string of the molecule is O=C(O)C[C@@H](Cc1ccc(-c2cccc(Cl)c2)cc1)NC(=O)c1ccno1. The van der Waals surface area contributed by atoms with Gasteiger partial charge in [-0.1, -0.05) is 53.2 Å². The number of nitrogens with one attached hydrogen (secondary N) is 1. The van der Waals surface area contributed by atoms with E-state index in [4.69, 9.17) is 21.2 Å². The molecule has 0 radical (unpaired) electrons. The molecule has 6 nitrogen and oxygen atoms in total. The van der Waals surface area contributed by atoms with Crippen molar-refractivity contribution in [3.8, 4) is 11.1 Å². The van der Waals surface area contributed by atoms with Gasteiger partial charge in [-0.25, -0.2) is 0 Å². The predicted octanol–water partition coefficient (Wildman–Crippen LogP) is 3.81. The first kappa shape index (κ1) is 18.7. The molecule has 0 fully saturated rings. The van der Waals surface area contributed by atoms with E-state index in [0.29, 0.717) is 11.4 Å². The summed E-state index contributed by atoms with van der Waals surface area (Å²) in [5.41, 5.74) is 2.90. The number of amides is 1. The number of hydrogen-bond acceptors (Lipinski definition) is 4. The van der Waals surface area contributed by atoms with Gasteiger partial charge in [-0.3, -0.25) is 9.59 Å². The monoisotopic (exact) mass is 384 g/mol. The second-order valence-corrected chi connectivity index (χ2v) is 6.49. The zero-order chi connectivity index (χ0) is 19.2. The number of rotatable bonds is 7. The Kier molecular flexibility index (Phi) is 5.88. The largest absolute Gasteiger partial charge is 0.481 e. The van der Waals surface area contributed by atoms with Gasteiger partial charge in [-0.05, 0) is 35.2 Å². The molecule has 2 N–H and O–H groups in total. The minimum Gasteiger partial charge on any atom is -0.481 e. The van der Waals surface area contributed by atoms with Crippen LogP contribution in [-0.2, 0) is 11.2 Å². The molecule has 138 valence electrons. The maximum Gasteiger partial charge on any atom is 0.305 e. The molecule has 1 aromatic heterocycles. The summed E-state index contributed by atoms with van der Waals surface area (Å²) in [5, 5.41) is 15.9. The number of aliphatic carboxylic acids is 1. The highest BCUT2D eigenvalue weighted by molar-refractivity contribution is 6.30. The maximum atomic E-state index is 12.1. The van der Waals surface area contributed by atoms with Crippen molar-refractivity contribution in [2.75, 3.05) is 0 Å². The highest BCUT2D eigenvalue weighted by atomic mass is 35.5. The van der Waals surface area contributed by atoms with Gasteiger partial charge in [0.2, 0.25) is 5.76 Å². The van der Waals surface area contributed by atoms with Crippen LogP contribution in [0, 0.1) is 0 Å². The normalized spacial score (nSPS) is 11.7. The number of nitrogens with zero attached hydrogens (tertiary/aromatic N) is 1. The lowest BCUT2D eigenvalue weighted by molar-refractivity contribution is -0.137. The van der Waals surface area contributed by atoms with E-state index >= 15 is 0 Å². The van der Waals surface area contributed by atoms with Gasteiger partial charge in [-0.2, -0.15) is 0 Å². The van der Waals surface area contributed by atoms with Crippen LogP contribution in [0.25, 0.3) is 11.1 Å². The highest BCUT2D eigenvalue weighted by Crippen LogP contribution is 2.23. The van der Waals surface area contributed by atoms with Gasteiger partial charge >= 0.3 is 5.97 Å². The molecule has 0 spiro atoms. The highest BCUT2D eigenvalue weighted by Gasteiger charge is 2.19. The Hall–Kier alpha value is -3.12. The first-order chi connectivity index (χ1) is 13.0. The number of aromatic nitrogens is 1. The Morgan fingerprint density at radius 1 is 1.11 bits per heavy atom. The summed E-state index contributed by atoms with van der Waals surface area (Å²) in [5.74, 6) is -1.44. The van der Waals surface area contributed by atoms with Crippen molar-refractivity contribution in [2.45, 2.75) is 18.9 Å². The van der Waals surface area contributed by atoms with Crippen molar-refractivity contribution in [2.24, 2.45) is 0 Å². The fourth-order valence-corrected chi connectivity index (χ4v) is 2.95. The molecule has 3 rings (SSSR count). The summed E-state index contributed by atoms with van der Waals surface area (Å²) in [4.78, 5) is 23.2. The molecule has 0 saturated carbocycles. The molecular formula is C20H17ClN2O4. The molecule has 0 bridgehead atoms. The molecule has 1 atom stereocenters. The molecule has 27 heavy (non-hydrogen) atoms. The van der Waals surface area contributed by atoms with E-state index < -0.39 is 17.9 Å². The van der Waals surface area contributed by atoms with Gasteiger partial charge in [0, 0.05) is 17.1 Å². The Morgan fingerprint density at radius 2 is 1.89 bits per heavy atom. The van der Waals surface area contributed by atoms with E-state index in [1.54, 1.807) is 0 Å². The van der Waals surface area contributed by atoms with Crippen molar-refractivity contribution in [3.05, 3.63) is 77.1 Å². The fraction of sp³-hybridized carbons (Fsp3) is 0.150. The third-order valence-corrected chi connectivity index (χ3v) is 4.25. The van der Waals surface area contributed by atoms with E-state index in [9.17, 15) is 9.59 Å². The van der Waals surface area contributed by atoms with Gasteiger partial charge in [-0.15, -0.1) is 0 Å². The molecule has 1 amide bonds. The van der Waals surface area contributed by atoms with Crippen molar-refractivity contribution in [1.82, 2.24) is 10.5 Å². The molecule has 3 aromatic rings. The van der Waals surface area contributed by atoms with Crippen molar-refractivity contribution in [3.63, 3.8) is 0 Å². The van der Waals surface area contributed by atoms with E-state index in [1.807, 2.05) is 48.5 Å². The average molecular weight is 385 g/mol. The van der Waals surface area contributed by atoms with Crippen LogP contribution in [0.2, 0.25) is 5.02 Å². The van der Waals surface area contributed by atoms with Crippen LogP contribution in [0.1, 0.15) is 22.5 Å². The zero-order valence-electron chi connectivity index (χ0n) is 14.3. The van der Waals surface area contributed by atoms with E-state index in [0.717, 1.165) is 16.7 Å². The van der Waals surface area contributed by atoms with Gasteiger partial charge in [0.25, 0.3) is 5.91 Å². The number of hydrogen-bond donors (Lipinski definition) is 2. The van der Waals surface area contributed by atoms with Crippen LogP contribution in [0.3, 0.4) is 0 Å². The first-order valence-electron chi connectivity index (χ1n) is 8.29. The molecule has 1 heterocycles. The Labute approximate surface area is 160 Å². The molecule has 0 saturated heterocycles.